The van der Waals surface area contributed by atoms with Crippen molar-refractivity contribution in [2.24, 2.45) is 4.99 Å². The van der Waals surface area contributed by atoms with Crippen LogP contribution in [-0.4, -0.2) is 18.5 Å². The Kier molecular flexibility index (Phi) is 5.76. The lowest BCUT2D eigenvalue weighted by Crippen LogP contribution is -2.01. The number of hydrogen-bond donors (Lipinski definition) is 0. The standard InChI is InChI=1S/C20H15Cl2NO3/c1-2-25-18-6-4-3-5-14(18)11-17-20(24)26-19(23-17)10-8-13-7-9-15(21)12-16(13)22/h3-12H,2H2,1H3/b10-8+,17-11-. The summed E-state index contributed by atoms with van der Waals surface area (Å²) < 4.78 is 10.7. The second-order valence-electron chi connectivity index (χ2n) is 5.34. The molecule has 0 fully saturated rings. The first kappa shape index (κ1) is 18.2. The number of benzene rings is 2. The summed E-state index contributed by atoms with van der Waals surface area (Å²) in [5, 5.41) is 1.05. The number of halogens is 2. The molecule has 0 saturated heterocycles. The van der Waals surface area contributed by atoms with E-state index in [0.717, 1.165) is 11.1 Å². The Balaban J connectivity index is 1.84. The van der Waals surface area contributed by atoms with Gasteiger partial charge in [-0.3, -0.25) is 0 Å². The fourth-order valence-electron chi connectivity index (χ4n) is 2.33. The molecule has 3 rings (SSSR count). The van der Waals surface area contributed by atoms with Gasteiger partial charge in [-0.15, -0.1) is 0 Å². The van der Waals surface area contributed by atoms with Crippen LogP contribution in [0.25, 0.3) is 12.2 Å². The summed E-state index contributed by atoms with van der Waals surface area (Å²) in [5.74, 6) is 0.363. The average molecular weight is 388 g/mol. The van der Waals surface area contributed by atoms with Gasteiger partial charge < -0.3 is 9.47 Å². The van der Waals surface area contributed by atoms with Crippen molar-refractivity contribution in [2.45, 2.75) is 6.92 Å². The van der Waals surface area contributed by atoms with Crippen LogP contribution >= 0.6 is 23.2 Å². The van der Waals surface area contributed by atoms with Gasteiger partial charge in [-0.1, -0.05) is 47.5 Å². The summed E-state index contributed by atoms with van der Waals surface area (Å²) in [4.78, 5) is 16.3. The minimum Gasteiger partial charge on any atom is -0.493 e. The molecule has 26 heavy (non-hydrogen) atoms. The molecular weight excluding hydrogens is 373 g/mol. The number of ether oxygens (including phenoxy) is 2. The van der Waals surface area contributed by atoms with Crippen LogP contribution in [0.3, 0.4) is 0 Å². The Bertz CT molecular complexity index is 932. The molecule has 0 unspecified atom stereocenters. The number of rotatable bonds is 5. The molecule has 0 atom stereocenters. The summed E-state index contributed by atoms with van der Waals surface area (Å²) in [6.07, 6.45) is 4.94. The molecule has 0 spiro atoms. The summed E-state index contributed by atoms with van der Waals surface area (Å²) in [6, 6.07) is 12.6. The van der Waals surface area contributed by atoms with Gasteiger partial charge in [0.25, 0.3) is 0 Å². The molecule has 1 aliphatic heterocycles. The van der Waals surface area contributed by atoms with Gasteiger partial charge in [-0.05, 0) is 42.8 Å². The maximum absolute atomic E-state index is 12.1. The first-order chi connectivity index (χ1) is 12.6. The van der Waals surface area contributed by atoms with Crippen molar-refractivity contribution < 1.29 is 14.3 Å². The minimum absolute atomic E-state index is 0.196. The van der Waals surface area contributed by atoms with Gasteiger partial charge in [-0.25, -0.2) is 9.79 Å². The average Bonchev–Trinajstić information content (AvgIpc) is 2.96. The highest BCUT2D eigenvalue weighted by Crippen LogP contribution is 2.25. The van der Waals surface area contributed by atoms with Crippen LogP contribution in [0.5, 0.6) is 5.75 Å². The van der Waals surface area contributed by atoms with Crippen LogP contribution in [-0.2, 0) is 9.53 Å². The van der Waals surface area contributed by atoms with Crippen LogP contribution in [0.1, 0.15) is 18.1 Å². The number of esters is 1. The lowest BCUT2D eigenvalue weighted by Gasteiger charge is -2.06. The molecule has 0 amide bonds. The SMILES string of the molecule is CCOc1ccccc1/C=C1N=C(/C=C/c2ccc(Cl)cc2Cl)OC\1=O. The number of hydrogen-bond acceptors (Lipinski definition) is 4. The highest BCUT2D eigenvalue weighted by molar-refractivity contribution is 6.35. The summed E-state index contributed by atoms with van der Waals surface area (Å²) >= 11 is 12.0. The highest BCUT2D eigenvalue weighted by Gasteiger charge is 2.21. The van der Waals surface area contributed by atoms with E-state index in [1.165, 1.54) is 0 Å². The third kappa shape index (κ3) is 4.34. The van der Waals surface area contributed by atoms with Gasteiger partial charge in [0.1, 0.15) is 5.75 Å². The van der Waals surface area contributed by atoms with E-state index in [1.54, 1.807) is 36.4 Å². The Morgan fingerprint density at radius 1 is 1.12 bits per heavy atom. The van der Waals surface area contributed by atoms with E-state index >= 15 is 0 Å². The number of aliphatic imine (C=N–C) groups is 1. The maximum Gasteiger partial charge on any atom is 0.363 e. The van der Waals surface area contributed by atoms with Crippen molar-refractivity contribution in [2.75, 3.05) is 6.61 Å². The van der Waals surface area contributed by atoms with Gasteiger partial charge >= 0.3 is 5.97 Å². The van der Waals surface area contributed by atoms with Crippen LogP contribution in [0.15, 0.2) is 59.2 Å². The Labute approximate surface area is 161 Å². The fourth-order valence-corrected chi connectivity index (χ4v) is 2.80. The number of nitrogens with zero attached hydrogens (tertiary/aromatic N) is 1. The summed E-state index contributed by atoms with van der Waals surface area (Å²) in [7, 11) is 0. The van der Waals surface area contributed by atoms with Crippen molar-refractivity contribution in [1.82, 2.24) is 0 Å². The molecule has 4 nitrogen and oxygen atoms in total. The normalized spacial score (nSPS) is 15.4. The van der Waals surface area contributed by atoms with E-state index in [2.05, 4.69) is 4.99 Å². The van der Waals surface area contributed by atoms with Crippen LogP contribution in [0.2, 0.25) is 10.0 Å². The fraction of sp³-hybridized carbons (Fsp3) is 0.100. The zero-order valence-corrected chi connectivity index (χ0v) is 15.4. The lowest BCUT2D eigenvalue weighted by atomic mass is 10.1. The molecule has 6 heteroatoms. The van der Waals surface area contributed by atoms with E-state index in [0.29, 0.717) is 22.4 Å². The van der Waals surface area contributed by atoms with Crippen LogP contribution < -0.4 is 4.74 Å². The molecule has 0 saturated carbocycles. The number of para-hydroxylation sites is 1. The van der Waals surface area contributed by atoms with Crippen molar-refractivity contribution in [3.8, 4) is 5.75 Å². The van der Waals surface area contributed by atoms with E-state index < -0.39 is 5.97 Å². The molecule has 132 valence electrons. The van der Waals surface area contributed by atoms with E-state index in [9.17, 15) is 4.79 Å². The van der Waals surface area contributed by atoms with E-state index in [1.807, 2.05) is 31.2 Å². The second-order valence-corrected chi connectivity index (χ2v) is 6.18. The van der Waals surface area contributed by atoms with Crippen molar-refractivity contribution in [3.05, 3.63) is 75.4 Å². The first-order valence-electron chi connectivity index (χ1n) is 7.94. The lowest BCUT2D eigenvalue weighted by molar-refractivity contribution is -0.129. The monoisotopic (exact) mass is 387 g/mol. The molecule has 1 heterocycles. The number of carbonyl (C=O) groups is 1. The second kappa shape index (κ2) is 8.21. The summed E-state index contributed by atoms with van der Waals surface area (Å²) in [5.41, 5.74) is 1.71. The summed E-state index contributed by atoms with van der Waals surface area (Å²) in [6.45, 7) is 2.43. The predicted molar refractivity (Wildman–Crippen MR) is 105 cm³/mol. The third-order valence-electron chi connectivity index (χ3n) is 3.52. The predicted octanol–water partition coefficient (Wildman–Crippen LogP) is 5.40. The van der Waals surface area contributed by atoms with Gasteiger partial charge in [0, 0.05) is 21.7 Å². The smallest absolute Gasteiger partial charge is 0.363 e. The molecule has 0 aromatic heterocycles. The molecule has 0 radical (unpaired) electrons. The Morgan fingerprint density at radius 3 is 2.69 bits per heavy atom. The highest BCUT2D eigenvalue weighted by atomic mass is 35.5. The zero-order chi connectivity index (χ0) is 18.5. The van der Waals surface area contributed by atoms with Crippen molar-refractivity contribution >= 4 is 47.2 Å². The molecule has 0 bridgehead atoms. The van der Waals surface area contributed by atoms with Gasteiger partial charge in [-0.2, -0.15) is 0 Å². The Morgan fingerprint density at radius 2 is 1.92 bits per heavy atom. The van der Waals surface area contributed by atoms with Crippen LogP contribution in [0, 0.1) is 0 Å². The largest absolute Gasteiger partial charge is 0.493 e. The molecule has 0 aliphatic carbocycles. The van der Waals surface area contributed by atoms with Crippen LogP contribution in [0.4, 0.5) is 0 Å². The zero-order valence-electron chi connectivity index (χ0n) is 13.9. The van der Waals surface area contributed by atoms with E-state index in [4.69, 9.17) is 32.7 Å². The number of carbonyl (C=O) groups excluding carboxylic acids is 1. The minimum atomic E-state index is -0.516. The molecule has 0 N–H and O–H groups in total. The molecular formula is C20H15Cl2NO3. The van der Waals surface area contributed by atoms with Crippen molar-refractivity contribution in [3.63, 3.8) is 0 Å². The third-order valence-corrected chi connectivity index (χ3v) is 4.08. The maximum atomic E-state index is 12.1. The molecule has 2 aromatic rings. The Hall–Kier alpha value is -2.56. The molecule has 1 aliphatic rings. The van der Waals surface area contributed by atoms with E-state index in [-0.39, 0.29) is 11.6 Å². The van der Waals surface area contributed by atoms with Gasteiger partial charge in [0.2, 0.25) is 5.90 Å². The van der Waals surface area contributed by atoms with Gasteiger partial charge in [0.15, 0.2) is 5.70 Å². The molecule has 2 aromatic carbocycles. The topological polar surface area (TPSA) is 47.9 Å². The quantitative estimate of drug-likeness (QED) is 0.509. The van der Waals surface area contributed by atoms with Crippen molar-refractivity contribution in [1.29, 1.82) is 0 Å². The first-order valence-corrected chi connectivity index (χ1v) is 8.70. The number of cyclic esters (lactones) is 1. The van der Waals surface area contributed by atoms with Gasteiger partial charge in [0.05, 0.1) is 6.61 Å².